The molecule has 2 rings (SSSR count). The van der Waals surface area contributed by atoms with Crippen molar-refractivity contribution < 1.29 is 4.79 Å². The number of rotatable bonds is 2. The molecule has 2 atom stereocenters. The van der Waals surface area contributed by atoms with Crippen molar-refractivity contribution in [3.63, 3.8) is 0 Å². The zero-order chi connectivity index (χ0) is 11.5. The largest absolute Gasteiger partial charge is 0.359 e. The summed E-state index contributed by atoms with van der Waals surface area (Å²) in [5.41, 5.74) is 0. The van der Waals surface area contributed by atoms with Gasteiger partial charge in [-0.3, -0.25) is 9.69 Å². The molecule has 2 aliphatic heterocycles. The lowest BCUT2D eigenvalue weighted by atomic mass is 9.93. The summed E-state index contributed by atoms with van der Waals surface area (Å²) in [5, 5.41) is 6.20. The highest BCUT2D eigenvalue weighted by Crippen LogP contribution is 2.23. The van der Waals surface area contributed by atoms with E-state index < -0.39 is 0 Å². The summed E-state index contributed by atoms with van der Waals surface area (Å²) in [6.07, 6.45) is 2.03. The lowest BCUT2D eigenvalue weighted by Crippen LogP contribution is -2.47. The normalized spacial score (nSPS) is 32.9. The maximum Gasteiger partial charge on any atom is 0.222 e. The van der Waals surface area contributed by atoms with Crippen LogP contribution in [0.2, 0.25) is 0 Å². The van der Waals surface area contributed by atoms with Crippen molar-refractivity contribution in [3.8, 4) is 0 Å². The van der Waals surface area contributed by atoms with E-state index in [1.807, 2.05) is 0 Å². The minimum Gasteiger partial charge on any atom is -0.359 e. The van der Waals surface area contributed by atoms with Gasteiger partial charge < -0.3 is 10.6 Å². The highest BCUT2D eigenvalue weighted by atomic mass is 16.1. The smallest absolute Gasteiger partial charge is 0.222 e. The van der Waals surface area contributed by atoms with E-state index in [1.165, 1.54) is 0 Å². The summed E-state index contributed by atoms with van der Waals surface area (Å²) in [7, 11) is 1.73. The van der Waals surface area contributed by atoms with E-state index in [4.69, 9.17) is 0 Å². The summed E-state index contributed by atoms with van der Waals surface area (Å²) in [6, 6.07) is 0.686. The van der Waals surface area contributed by atoms with Crippen molar-refractivity contribution in [3.05, 3.63) is 0 Å². The molecule has 0 saturated carbocycles. The van der Waals surface area contributed by atoms with E-state index in [2.05, 4.69) is 22.5 Å². The van der Waals surface area contributed by atoms with E-state index in [0.717, 1.165) is 44.9 Å². The molecule has 0 spiro atoms. The molecule has 2 aliphatic rings. The second-order valence-electron chi connectivity index (χ2n) is 5.13. The minimum atomic E-state index is 0.220. The minimum absolute atomic E-state index is 0.220. The first-order valence-electron chi connectivity index (χ1n) is 6.38. The first-order chi connectivity index (χ1) is 7.72. The molecule has 2 N–H and O–H groups in total. The zero-order valence-corrected chi connectivity index (χ0v) is 10.3. The Morgan fingerprint density at radius 1 is 1.31 bits per heavy atom. The Balaban J connectivity index is 1.83. The van der Waals surface area contributed by atoms with Crippen LogP contribution in [0.3, 0.4) is 0 Å². The monoisotopic (exact) mass is 225 g/mol. The summed E-state index contributed by atoms with van der Waals surface area (Å²) in [5.74, 6) is 1.21. The molecule has 92 valence electrons. The van der Waals surface area contributed by atoms with Gasteiger partial charge in [-0.2, -0.15) is 0 Å². The Labute approximate surface area is 97.8 Å². The van der Waals surface area contributed by atoms with E-state index in [9.17, 15) is 4.79 Å². The molecular weight excluding hydrogens is 202 g/mol. The molecule has 2 saturated heterocycles. The molecule has 0 aromatic heterocycles. The highest BCUT2D eigenvalue weighted by molar-refractivity contribution is 5.78. The van der Waals surface area contributed by atoms with Crippen LogP contribution in [0.1, 0.15) is 19.8 Å². The molecule has 2 fully saturated rings. The third kappa shape index (κ3) is 2.38. The molecule has 2 heterocycles. The van der Waals surface area contributed by atoms with Crippen LogP contribution in [0.4, 0.5) is 0 Å². The van der Waals surface area contributed by atoms with Gasteiger partial charge in [0.05, 0.1) is 0 Å². The first kappa shape index (κ1) is 11.9. The molecule has 0 aromatic rings. The number of carbonyl (C=O) groups excluding carboxylic acids is 1. The van der Waals surface area contributed by atoms with Crippen molar-refractivity contribution in [2.24, 2.45) is 11.8 Å². The molecule has 4 nitrogen and oxygen atoms in total. The quantitative estimate of drug-likeness (QED) is 0.698. The van der Waals surface area contributed by atoms with Crippen molar-refractivity contribution in [1.29, 1.82) is 0 Å². The standard InChI is InChI=1S/C12H23N3O/c1-9-7-14-8-11(9)15-5-3-10(4-6-15)12(16)13-2/h9-11,14H,3-8H2,1-2H3,(H,13,16). The third-order valence-electron chi connectivity index (χ3n) is 4.09. The van der Waals surface area contributed by atoms with E-state index in [1.54, 1.807) is 7.05 Å². The predicted molar refractivity (Wildman–Crippen MR) is 64.2 cm³/mol. The van der Waals surface area contributed by atoms with Gasteiger partial charge in [-0.05, 0) is 38.4 Å². The number of nitrogens with zero attached hydrogens (tertiary/aromatic N) is 1. The number of nitrogens with one attached hydrogen (secondary N) is 2. The Hall–Kier alpha value is -0.610. The average Bonchev–Trinajstić information content (AvgIpc) is 2.75. The van der Waals surface area contributed by atoms with Gasteiger partial charge in [0.25, 0.3) is 0 Å². The number of amides is 1. The van der Waals surface area contributed by atoms with Crippen LogP contribution in [0.5, 0.6) is 0 Å². The maximum absolute atomic E-state index is 11.5. The predicted octanol–water partition coefficient (Wildman–Crippen LogP) is 0.0523. The second kappa shape index (κ2) is 5.15. The Bertz CT molecular complexity index is 249. The van der Waals surface area contributed by atoms with Crippen LogP contribution < -0.4 is 10.6 Å². The van der Waals surface area contributed by atoms with Crippen molar-refractivity contribution in [2.75, 3.05) is 33.2 Å². The van der Waals surface area contributed by atoms with Gasteiger partial charge in [0.15, 0.2) is 0 Å². The Morgan fingerprint density at radius 2 is 2.00 bits per heavy atom. The van der Waals surface area contributed by atoms with Crippen LogP contribution in [0.25, 0.3) is 0 Å². The lowest BCUT2D eigenvalue weighted by molar-refractivity contribution is -0.126. The number of piperidine rings is 1. The average molecular weight is 225 g/mol. The van der Waals surface area contributed by atoms with Gasteiger partial charge in [-0.1, -0.05) is 6.92 Å². The first-order valence-corrected chi connectivity index (χ1v) is 6.38. The van der Waals surface area contributed by atoms with Crippen LogP contribution in [0, 0.1) is 11.8 Å². The summed E-state index contributed by atoms with van der Waals surface area (Å²) < 4.78 is 0. The van der Waals surface area contributed by atoms with Gasteiger partial charge in [0.2, 0.25) is 5.91 Å². The number of hydrogen-bond donors (Lipinski definition) is 2. The summed E-state index contributed by atoms with van der Waals surface area (Å²) in [4.78, 5) is 14.1. The van der Waals surface area contributed by atoms with Gasteiger partial charge in [0.1, 0.15) is 0 Å². The van der Waals surface area contributed by atoms with E-state index in [0.29, 0.717) is 6.04 Å². The summed E-state index contributed by atoms with van der Waals surface area (Å²) in [6.45, 7) is 6.73. The molecule has 4 heteroatoms. The molecule has 0 aliphatic carbocycles. The fraction of sp³-hybridized carbons (Fsp3) is 0.917. The molecule has 0 radical (unpaired) electrons. The molecule has 16 heavy (non-hydrogen) atoms. The number of carbonyl (C=O) groups is 1. The van der Waals surface area contributed by atoms with Gasteiger partial charge in [0, 0.05) is 25.6 Å². The Morgan fingerprint density at radius 3 is 2.50 bits per heavy atom. The van der Waals surface area contributed by atoms with Crippen LogP contribution in [-0.4, -0.2) is 50.1 Å². The highest BCUT2D eigenvalue weighted by Gasteiger charge is 2.32. The molecular formula is C12H23N3O. The van der Waals surface area contributed by atoms with Gasteiger partial charge in [-0.25, -0.2) is 0 Å². The second-order valence-corrected chi connectivity index (χ2v) is 5.13. The van der Waals surface area contributed by atoms with Gasteiger partial charge in [-0.15, -0.1) is 0 Å². The number of likely N-dealkylation sites (tertiary alicyclic amines) is 1. The molecule has 0 aromatic carbocycles. The van der Waals surface area contributed by atoms with Crippen molar-refractivity contribution in [1.82, 2.24) is 15.5 Å². The molecule has 0 bridgehead atoms. The third-order valence-corrected chi connectivity index (χ3v) is 4.09. The molecule has 1 amide bonds. The number of hydrogen-bond acceptors (Lipinski definition) is 3. The van der Waals surface area contributed by atoms with Gasteiger partial charge >= 0.3 is 0 Å². The maximum atomic E-state index is 11.5. The topological polar surface area (TPSA) is 44.4 Å². The fourth-order valence-electron chi connectivity index (χ4n) is 2.98. The SMILES string of the molecule is CNC(=O)C1CCN(C2CNCC2C)CC1. The fourth-order valence-corrected chi connectivity index (χ4v) is 2.98. The van der Waals surface area contributed by atoms with Crippen LogP contribution in [-0.2, 0) is 4.79 Å². The summed E-state index contributed by atoms with van der Waals surface area (Å²) >= 11 is 0. The van der Waals surface area contributed by atoms with Crippen molar-refractivity contribution >= 4 is 5.91 Å². The lowest BCUT2D eigenvalue weighted by Gasteiger charge is -2.36. The molecule has 2 unspecified atom stereocenters. The van der Waals surface area contributed by atoms with Crippen LogP contribution >= 0.6 is 0 Å². The van der Waals surface area contributed by atoms with E-state index >= 15 is 0 Å². The zero-order valence-electron chi connectivity index (χ0n) is 10.3. The van der Waals surface area contributed by atoms with Crippen molar-refractivity contribution in [2.45, 2.75) is 25.8 Å². The Kier molecular flexibility index (Phi) is 3.82. The van der Waals surface area contributed by atoms with E-state index in [-0.39, 0.29) is 11.8 Å². The van der Waals surface area contributed by atoms with Crippen LogP contribution in [0.15, 0.2) is 0 Å².